The molecule has 1 aliphatic rings. The van der Waals surface area contributed by atoms with Crippen LogP contribution in [0, 0.1) is 0 Å². The molecule has 1 nitrogen and oxygen atoms in total. The molecule has 0 spiro atoms. The summed E-state index contributed by atoms with van der Waals surface area (Å²) in [6.45, 7) is 9.66. The maximum absolute atomic E-state index is 2.51. The van der Waals surface area contributed by atoms with Crippen LogP contribution in [0.5, 0.6) is 0 Å². The van der Waals surface area contributed by atoms with Crippen LogP contribution < -0.4 is 0 Å². The van der Waals surface area contributed by atoms with Crippen molar-refractivity contribution in [3.8, 4) is 27.9 Å². The summed E-state index contributed by atoms with van der Waals surface area (Å²) in [4.78, 5) is 0. The van der Waals surface area contributed by atoms with Crippen LogP contribution >= 0.6 is 11.3 Å². The minimum absolute atomic E-state index is 0.000608. The fraction of sp³-hybridized carbons (Fsp3) is 0.143. The van der Waals surface area contributed by atoms with Crippen molar-refractivity contribution in [2.45, 2.75) is 38.5 Å². The quantitative estimate of drug-likeness (QED) is 0.191. The number of fused-ring (bicyclic) bond motifs is 9. The predicted molar refractivity (Wildman–Crippen MR) is 191 cm³/mol. The summed E-state index contributed by atoms with van der Waals surface area (Å²) < 4.78 is 5.09. The van der Waals surface area contributed by atoms with Gasteiger partial charge < -0.3 is 4.57 Å². The molecule has 0 unspecified atom stereocenters. The summed E-state index contributed by atoms with van der Waals surface area (Å²) in [7, 11) is 0. The molecule has 0 N–H and O–H groups in total. The lowest BCUT2D eigenvalue weighted by molar-refractivity contribution is 0.299. The van der Waals surface area contributed by atoms with E-state index < -0.39 is 0 Å². The first-order valence-corrected chi connectivity index (χ1v) is 16.3. The monoisotopic (exact) mass is 583 g/mol. The zero-order valence-electron chi connectivity index (χ0n) is 25.5. The minimum atomic E-state index is -0.000608. The molecular weight excluding hydrogens is 551 g/mol. The number of benzene rings is 6. The Bertz CT molecular complexity index is 2380. The van der Waals surface area contributed by atoms with Gasteiger partial charge in [0.25, 0.3) is 0 Å². The Kier molecular flexibility index (Phi) is 5.24. The molecule has 1 aliphatic carbocycles. The van der Waals surface area contributed by atoms with E-state index in [-0.39, 0.29) is 10.8 Å². The Morgan fingerprint density at radius 3 is 1.77 bits per heavy atom. The van der Waals surface area contributed by atoms with Gasteiger partial charge in [0.1, 0.15) is 0 Å². The van der Waals surface area contributed by atoms with Crippen LogP contribution in [0.1, 0.15) is 38.8 Å². The lowest BCUT2D eigenvalue weighted by Crippen LogP contribution is -2.43. The molecule has 0 bridgehead atoms. The van der Waals surface area contributed by atoms with E-state index in [1.165, 1.54) is 81.0 Å². The van der Waals surface area contributed by atoms with Crippen LogP contribution in [0.25, 0.3) is 69.9 Å². The zero-order chi connectivity index (χ0) is 29.8. The zero-order valence-corrected chi connectivity index (χ0v) is 26.3. The van der Waals surface area contributed by atoms with Gasteiger partial charge in [-0.2, -0.15) is 0 Å². The lowest BCUT2D eigenvalue weighted by Gasteiger charge is -2.48. The summed E-state index contributed by atoms with van der Waals surface area (Å²) in [6, 6.07) is 47.5. The number of hydrogen-bond donors (Lipinski definition) is 0. The number of thiophene rings is 1. The number of para-hydroxylation sites is 2. The Hall–Kier alpha value is -4.66. The van der Waals surface area contributed by atoms with Crippen LogP contribution in [-0.2, 0) is 10.8 Å². The second-order valence-electron chi connectivity index (χ2n) is 13.4. The molecule has 6 aromatic carbocycles. The highest BCUT2D eigenvalue weighted by Crippen LogP contribution is 2.55. The van der Waals surface area contributed by atoms with E-state index in [1.807, 2.05) is 11.3 Å². The molecule has 0 radical (unpaired) electrons. The van der Waals surface area contributed by atoms with Gasteiger partial charge in [-0.25, -0.2) is 0 Å². The highest BCUT2D eigenvalue weighted by molar-refractivity contribution is 7.25. The molecule has 2 heteroatoms. The van der Waals surface area contributed by atoms with Crippen molar-refractivity contribution in [2.75, 3.05) is 0 Å². The Morgan fingerprint density at radius 2 is 1.05 bits per heavy atom. The number of aromatic nitrogens is 1. The molecule has 2 heterocycles. The normalized spacial score (nSPS) is 15.2. The van der Waals surface area contributed by atoms with E-state index in [2.05, 4.69) is 160 Å². The van der Waals surface area contributed by atoms with Crippen molar-refractivity contribution in [3.05, 3.63) is 139 Å². The van der Waals surface area contributed by atoms with Gasteiger partial charge in [0.05, 0.1) is 11.0 Å². The molecule has 0 atom stereocenters. The molecule has 8 aromatic rings. The van der Waals surface area contributed by atoms with Crippen molar-refractivity contribution in [2.24, 2.45) is 0 Å². The first kappa shape index (κ1) is 25.8. The SMILES string of the molecule is CC1(C)c2ccccc2-c2cc3sc4ccc(-c5ccc(-n6c7ccccc7c7ccccc76)cc5)cc4c3cc2C1(C)C. The van der Waals surface area contributed by atoms with E-state index >= 15 is 0 Å². The fourth-order valence-electron chi connectivity index (χ4n) is 7.68. The molecule has 212 valence electrons. The van der Waals surface area contributed by atoms with Gasteiger partial charge in [-0.3, -0.25) is 0 Å². The first-order chi connectivity index (χ1) is 21.3. The Morgan fingerprint density at radius 1 is 0.455 bits per heavy atom. The van der Waals surface area contributed by atoms with Gasteiger partial charge in [0, 0.05) is 36.6 Å². The standard InChI is InChI=1S/C42H33NS/c1-41(2)35-14-8-5-11-29(35)32-25-40-34(24-36(32)42(41,3)4)33-23-27(19-22-39(33)44-40)26-17-20-28(21-18-26)43-37-15-9-6-12-30(37)31-13-7-10-16-38(31)43/h5-25H,1-4H3. The van der Waals surface area contributed by atoms with Crippen molar-refractivity contribution in [1.29, 1.82) is 0 Å². The van der Waals surface area contributed by atoms with E-state index in [1.54, 1.807) is 0 Å². The van der Waals surface area contributed by atoms with Crippen molar-refractivity contribution < 1.29 is 0 Å². The average molecular weight is 584 g/mol. The second kappa shape index (κ2) is 8.94. The Labute approximate surface area is 262 Å². The fourth-order valence-corrected chi connectivity index (χ4v) is 8.79. The molecule has 0 fully saturated rings. The summed E-state index contributed by atoms with van der Waals surface area (Å²) in [6.07, 6.45) is 0. The molecule has 0 saturated heterocycles. The van der Waals surface area contributed by atoms with Crippen LogP contribution in [0.2, 0.25) is 0 Å². The van der Waals surface area contributed by atoms with E-state index in [4.69, 9.17) is 0 Å². The third-order valence-corrected chi connectivity index (χ3v) is 11.9. The van der Waals surface area contributed by atoms with Gasteiger partial charge in [-0.15, -0.1) is 11.3 Å². The third-order valence-electron chi connectivity index (χ3n) is 10.8. The summed E-state index contributed by atoms with van der Waals surface area (Å²) in [5, 5.41) is 5.30. The maximum Gasteiger partial charge on any atom is 0.0541 e. The molecule has 0 amide bonds. The topological polar surface area (TPSA) is 4.93 Å². The largest absolute Gasteiger partial charge is 0.309 e. The number of rotatable bonds is 2. The van der Waals surface area contributed by atoms with Crippen LogP contribution in [0.15, 0.2) is 127 Å². The molecule has 0 aliphatic heterocycles. The third kappa shape index (κ3) is 3.41. The molecule has 9 rings (SSSR count). The lowest BCUT2D eigenvalue weighted by atomic mass is 9.55. The molecule has 2 aromatic heterocycles. The molecule has 0 saturated carbocycles. The maximum atomic E-state index is 2.51. The van der Waals surface area contributed by atoms with Crippen LogP contribution in [0.3, 0.4) is 0 Å². The highest BCUT2D eigenvalue weighted by Gasteiger charge is 2.45. The summed E-state index contributed by atoms with van der Waals surface area (Å²) in [5.41, 5.74) is 11.9. The van der Waals surface area contributed by atoms with Crippen molar-refractivity contribution in [1.82, 2.24) is 4.57 Å². The smallest absolute Gasteiger partial charge is 0.0541 e. The van der Waals surface area contributed by atoms with E-state index in [0.717, 1.165) is 0 Å². The predicted octanol–water partition coefficient (Wildman–Crippen LogP) is 12.1. The van der Waals surface area contributed by atoms with E-state index in [9.17, 15) is 0 Å². The average Bonchev–Trinajstić information content (AvgIpc) is 3.58. The van der Waals surface area contributed by atoms with Crippen molar-refractivity contribution in [3.63, 3.8) is 0 Å². The van der Waals surface area contributed by atoms with Gasteiger partial charge in [-0.1, -0.05) is 107 Å². The van der Waals surface area contributed by atoms with Crippen molar-refractivity contribution >= 4 is 53.3 Å². The van der Waals surface area contributed by atoms with Crippen LogP contribution in [-0.4, -0.2) is 4.57 Å². The highest BCUT2D eigenvalue weighted by atomic mass is 32.1. The minimum Gasteiger partial charge on any atom is -0.309 e. The molecular formula is C42H33NS. The number of nitrogens with zero attached hydrogens (tertiary/aromatic N) is 1. The molecule has 44 heavy (non-hydrogen) atoms. The second-order valence-corrected chi connectivity index (χ2v) is 14.5. The summed E-state index contributed by atoms with van der Waals surface area (Å²) in [5.74, 6) is 0. The van der Waals surface area contributed by atoms with Gasteiger partial charge in [0.15, 0.2) is 0 Å². The van der Waals surface area contributed by atoms with Crippen LogP contribution in [0.4, 0.5) is 0 Å². The number of hydrogen-bond acceptors (Lipinski definition) is 1. The first-order valence-electron chi connectivity index (χ1n) is 15.5. The van der Waals surface area contributed by atoms with Gasteiger partial charge >= 0.3 is 0 Å². The van der Waals surface area contributed by atoms with Gasteiger partial charge in [-0.05, 0) is 92.7 Å². The Balaban J connectivity index is 1.18. The van der Waals surface area contributed by atoms with E-state index in [0.29, 0.717) is 0 Å². The summed E-state index contributed by atoms with van der Waals surface area (Å²) >= 11 is 1.91. The van der Waals surface area contributed by atoms with Gasteiger partial charge in [0.2, 0.25) is 0 Å².